The molecule has 1 aromatic rings. The van der Waals surface area contributed by atoms with Crippen LogP contribution in [0.5, 0.6) is 5.75 Å². The Labute approximate surface area is 119 Å². The maximum atomic E-state index is 13.9. The number of hydrogen-bond acceptors (Lipinski definition) is 2. The molecule has 0 aliphatic carbocycles. The number of benzene rings is 1. The number of amides is 1. The van der Waals surface area contributed by atoms with Gasteiger partial charge in [-0.1, -0.05) is 6.92 Å². The van der Waals surface area contributed by atoms with E-state index in [1.807, 2.05) is 18.7 Å². The van der Waals surface area contributed by atoms with Crippen LogP contribution < -0.4 is 4.74 Å². The fourth-order valence-corrected chi connectivity index (χ4v) is 2.54. The standard InChI is InChI=1S/C16H22FNO2/c1-11(2)20-15-7-6-13(9-14(15)17)16(19)18-8-4-5-12(3)10-18/h6-7,9,11-12H,4-5,8,10H2,1-3H3. The summed E-state index contributed by atoms with van der Waals surface area (Å²) >= 11 is 0. The third-order valence-electron chi connectivity index (χ3n) is 3.49. The summed E-state index contributed by atoms with van der Waals surface area (Å²) in [6, 6.07) is 4.46. The lowest BCUT2D eigenvalue weighted by molar-refractivity contribution is 0.0682. The number of carbonyl (C=O) groups is 1. The van der Waals surface area contributed by atoms with Gasteiger partial charge in [0.05, 0.1) is 6.10 Å². The van der Waals surface area contributed by atoms with Gasteiger partial charge in [-0.2, -0.15) is 0 Å². The normalized spacial score (nSPS) is 19.2. The molecule has 1 amide bonds. The molecule has 4 heteroatoms. The quantitative estimate of drug-likeness (QED) is 0.847. The van der Waals surface area contributed by atoms with E-state index < -0.39 is 5.82 Å². The summed E-state index contributed by atoms with van der Waals surface area (Å²) < 4.78 is 19.3. The summed E-state index contributed by atoms with van der Waals surface area (Å²) in [4.78, 5) is 14.2. The van der Waals surface area contributed by atoms with Crippen molar-refractivity contribution >= 4 is 5.91 Å². The van der Waals surface area contributed by atoms with E-state index in [-0.39, 0.29) is 17.8 Å². The van der Waals surface area contributed by atoms with Crippen molar-refractivity contribution in [2.24, 2.45) is 5.92 Å². The molecular formula is C16H22FNO2. The number of rotatable bonds is 3. The first-order valence-corrected chi connectivity index (χ1v) is 7.23. The summed E-state index contributed by atoms with van der Waals surface area (Å²) in [6.07, 6.45) is 2.08. The molecule has 3 nitrogen and oxygen atoms in total. The van der Waals surface area contributed by atoms with Crippen LogP contribution in [-0.4, -0.2) is 30.0 Å². The monoisotopic (exact) mass is 279 g/mol. The summed E-state index contributed by atoms with van der Waals surface area (Å²) in [5.41, 5.74) is 0.396. The van der Waals surface area contributed by atoms with Crippen LogP contribution in [0.3, 0.4) is 0 Å². The molecule has 0 spiro atoms. The minimum absolute atomic E-state index is 0.0889. The van der Waals surface area contributed by atoms with Crippen molar-refractivity contribution in [3.05, 3.63) is 29.6 Å². The topological polar surface area (TPSA) is 29.5 Å². The molecule has 20 heavy (non-hydrogen) atoms. The fourth-order valence-electron chi connectivity index (χ4n) is 2.54. The van der Waals surface area contributed by atoms with E-state index in [4.69, 9.17) is 4.74 Å². The van der Waals surface area contributed by atoms with Crippen LogP contribution in [0.25, 0.3) is 0 Å². The van der Waals surface area contributed by atoms with Crippen LogP contribution in [0.4, 0.5) is 4.39 Å². The molecule has 1 atom stereocenters. The van der Waals surface area contributed by atoms with E-state index in [9.17, 15) is 9.18 Å². The van der Waals surface area contributed by atoms with Gasteiger partial charge in [0, 0.05) is 18.7 Å². The molecule has 110 valence electrons. The predicted molar refractivity (Wildman–Crippen MR) is 76.5 cm³/mol. The van der Waals surface area contributed by atoms with Gasteiger partial charge in [-0.25, -0.2) is 4.39 Å². The second-order valence-electron chi connectivity index (χ2n) is 5.81. The molecular weight excluding hydrogens is 257 g/mol. The molecule has 0 bridgehead atoms. The smallest absolute Gasteiger partial charge is 0.253 e. The highest BCUT2D eigenvalue weighted by Crippen LogP contribution is 2.22. The van der Waals surface area contributed by atoms with Gasteiger partial charge in [0.15, 0.2) is 11.6 Å². The van der Waals surface area contributed by atoms with Crippen molar-refractivity contribution in [3.63, 3.8) is 0 Å². The van der Waals surface area contributed by atoms with Gasteiger partial charge in [0.25, 0.3) is 5.91 Å². The van der Waals surface area contributed by atoms with E-state index in [2.05, 4.69) is 6.92 Å². The van der Waals surface area contributed by atoms with Crippen molar-refractivity contribution in [1.29, 1.82) is 0 Å². The minimum Gasteiger partial charge on any atom is -0.488 e. The van der Waals surface area contributed by atoms with Crippen LogP contribution in [0.15, 0.2) is 18.2 Å². The zero-order chi connectivity index (χ0) is 14.7. The average Bonchev–Trinajstić information content (AvgIpc) is 2.40. The van der Waals surface area contributed by atoms with Gasteiger partial charge in [0.2, 0.25) is 0 Å². The SMILES string of the molecule is CC1CCCN(C(=O)c2ccc(OC(C)C)c(F)c2)C1. The lowest BCUT2D eigenvalue weighted by Crippen LogP contribution is -2.39. The van der Waals surface area contributed by atoms with Crippen molar-refractivity contribution in [2.75, 3.05) is 13.1 Å². The summed E-state index contributed by atoms with van der Waals surface area (Å²) in [7, 11) is 0. The Kier molecular flexibility index (Phi) is 4.63. The van der Waals surface area contributed by atoms with Gasteiger partial charge in [-0.15, -0.1) is 0 Å². The number of carbonyl (C=O) groups excluding carboxylic acids is 1. The Bertz CT molecular complexity index is 487. The number of likely N-dealkylation sites (tertiary alicyclic amines) is 1. The molecule has 0 radical (unpaired) electrons. The van der Waals surface area contributed by atoms with Crippen molar-refractivity contribution < 1.29 is 13.9 Å². The lowest BCUT2D eigenvalue weighted by Gasteiger charge is -2.31. The van der Waals surface area contributed by atoms with Crippen molar-refractivity contribution in [1.82, 2.24) is 4.90 Å². The zero-order valence-corrected chi connectivity index (χ0v) is 12.4. The Balaban J connectivity index is 2.12. The molecule has 0 aromatic heterocycles. The highest BCUT2D eigenvalue weighted by Gasteiger charge is 2.22. The Hall–Kier alpha value is -1.58. The van der Waals surface area contributed by atoms with E-state index in [0.717, 1.165) is 25.9 Å². The molecule has 1 aromatic carbocycles. The molecule has 0 N–H and O–H groups in total. The summed E-state index contributed by atoms with van der Waals surface area (Å²) in [6.45, 7) is 7.33. The van der Waals surface area contributed by atoms with E-state index in [1.54, 1.807) is 6.07 Å². The van der Waals surface area contributed by atoms with Gasteiger partial charge in [-0.3, -0.25) is 4.79 Å². The first-order valence-electron chi connectivity index (χ1n) is 7.23. The lowest BCUT2D eigenvalue weighted by atomic mass is 9.99. The minimum atomic E-state index is -0.477. The third kappa shape index (κ3) is 3.50. The molecule has 1 aliphatic heterocycles. The highest BCUT2D eigenvalue weighted by molar-refractivity contribution is 5.94. The molecule has 2 rings (SSSR count). The average molecular weight is 279 g/mol. The molecule has 1 saturated heterocycles. The zero-order valence-electron chi connectivity index (χ0n) is 12.4. The van der Waals surface area contributed by atoms with E-state index >= 15 is 0 Å². The van der Waals surface area contributed by atoms with E-state index in [1.165, 1.54) is 12.1 Å². The summed E-state index contributed by atoms with van der Waals surface area (Å²) in [5.74, 6) is 0.144. The maximum absolute atomic E-state index is 13.9. The van der Waals surface area contributed by atoms with Crippen LogP contribution in [0.2, 0.25) is 0 Å². The Morgan fingerprint density at radius 2 is 2.20 bits per heavy atom. The van der Waals surface area contributed by atoms with Crippen molar-refractivity contribution in [3.8, 4) is 5.75 Å². The third-order valence-corrected chi connectivity index (χ3v) is 3.49. The van der Waals surface area contributed by atoms with Crippen LogP contribution in [-0.2, 0) is 0 Å². The van der Waals surface area contributed by atoms with Crippen molar-refractivity contribution in [2.45, 2.75) is 39.7 Å². The molecule has 0 saturated carbocycles. The molecule has 1 heterocycles. The van der Waals surface area contributed by atoms with Crippen LogP contribution in [0, 0.1) is 11.7 Å². The van der Waals surface area contributed by atoms with Gasteiger partial charge in [0.1, 0.15) is 0 Å². The Morgan fingerprint density at radius 1 is 1.45 bits per heavy atom. The molecule has 1 fully saturated rings. The van der Waals surface area contributed by atoms with Crippen LogP contribution >= 0.6 is 0 Å². The van der Waals surface area contributed by atoms with Gasteiger partial charge >= 0.3 is 0 Å². The maximum Gasteiger partial charge on any atom is 0.253 e. The fraction of sp³-hybridized carbons (Fsp3) is 0.562. The van der Waals surface area contributed by atoms with Gasteiger partial charge < -0.3 is 9.64 Å². The first-order chi connectivity index (χ1) is 9.47. The number of ether oxygens (including phenoxy) is 1. The first kappa shape index (κ1) is 14.8. The molecule has 1 unspecified atom stereocenters. The highest BCUT2D eigenvalue weighted by atomic mass is 19.1. The Morgan fingerprint density at radius 3 is 2.80 bits per heavy atom. The number of piperidine rings is 1. The van der Waals surface area contributed by atoms with Crippen LogP contribution in [0.1, 0.15) is 44.0 Å². The number of halogens is 1. The van der Waals surface area contributed by atoms with E-state index in [0.29, 0.717) is 11.5 Å². The predicted octanol–water partition coefficient (Wildman–Crippen LogP) is 3.49. The summed E-state index contributed by atoms with van der Waals surface area (Å²) in [5, 5.41) is 0. The second kappa shape index (κ2) is 6.25. The largest absolute Gasteiger partial charge is 0.488 e. The molecule has 1 aliphatic rings. The number of nitrogens with zero attached hydrogens (tertiary/aromatic N) is 1. The number of hydrogen-bond donors (Lipinski definition) is 0. The van der Waals surface area contributed by atoms with Gasteiger partial charge in [-0.05, 0) is 50.8 Å². The second-order valence-corrected chi connectivity index (χ2v) is 5.81.